The highest BCUT2D eigenvalue weighted by atomic mass is 16.3. The first-order valence-electron chi connectivity index (χ1n) is 6.48. The monoisotopic (exact) mass is 259 g/mol. The van der Waals surface area contributed by atoms with E-state index in [0.29, 0.717) is 13.0 Å². The highest BCUT2D eigenvalue weighted by molar-refractivity contribution is 5.18. The summed E-state index contributed by atoms with van der Waals surface area (Å²) in [7, 11) is 0. The van der Waals surface area contributed by atoms with Gasteiger partial charge in [0.15, 0.2) is 0 Å². The quantitative estimate of drug-likeness (QED) is 0.918. The smallest absolute Gasteiger partial charge is 0.109 e. The lowest BCUT2D eigenvalue weighted by atomic mass is 9.78. The lowest BCUT2D eigenvalue weighted by Gasteiger charge is -2.34. The van der Waals surface area contributed by atoms with Gasteiger partial charge in [-0.15, -0.1) is 0 Å². The van der Waals surface area contributed by atoms with Crippen LogP contribution in [0.25, 0.3) is 0 Å². The summed E-state index contributed by atoms with van der Waals surface area (Å²) in [5, 5.41) is 11.1. The van der Waals surface area contributed by atoms with Crippen LogP contribution in [-0.2, 0) is 12.1 Å². The average Bonchev–Trinajstić information content (AvgIpc) is 2.80. The van der Waals surface area contributed by atoms with Gasteiger partial charge < -0.3 is 9.67 Å². The van der Waals surface area contributed by atoms with Crippen molar-refractivity contribution < 1.29 is 5.11 Å². The zero-order valence-corrected chi connectivity index (χ0v) is 11.7. The maximum absolute atomic E-state index is 11.1. The number of hydrogen-bond acceptors (Lipinski definition) is 3. The first-order valence-corrected chi connectivity index (χ1v) is 6.48. The third kappa shape index (κ3) is 3.64. The first-order chi connectivity index (χ1) is 8.89. The minimum Gasteiger partial charge on any atom is -0.383 e. The van der Waals surface area contributed by atoms with E-state index in [0.717, 1.165) is 5.56 Å². The van der Waals surface area contributed by atoms with Crippen LogP contribution >= 0.6 is 0 Å². The molecule has 0 spiro atoms. The lowest BCUT2D eigenvalue weighted by molar-refractivity contribution is -0.0190. The van der Waals surface area contributed by atoms with Crippen molar-refractivity contribution in [3.05, 3.63) is 48.8 Å². The van der Waals surface area contributed by atoms with Crippen molar-refractivity contribution in [2.24, 2.45) is 5.41 Å². The molecule has 0 saturated heterocycles. The second kappa shape index (κ2) is 5.13. The maximum Gasteiger partial charge on any atom is 0.109 e. The highest BCUT2D eigenvalue weighted by Gasteiger charge is 2.34. The Morgan fingerprint density at radius 2 is 2.00 bits per heavy atom. The van der Waals surface area contributed by atoms with Crippen molar-refractivity contribution in [2.75, 3.05) is 0 Å². The molecule has 1 atom stereocenters. The Balaban J connectivity index is 2.32. The van der Waals surface area contributed by atoms with Gasteiger partial charge in [0.05, 0.1) is 12.9 Å². The zero-order valence-electron chi connectivity index (χ0n) is 11.7. The molecule has 0 aliphatic heterocycles. The summed E-state index contributed by atoms with van der Waals surface area (Å²) in [6, 6.07) is 3.78. The van der Waals surface area contributed by atoms with Gasteiger partial charge in [-0.1, -0.05) is 26.8 Å². The fourth-order valence-electron chi connectivity index (χ4n) is 2.45. The summed E-state index contributed by atoms with van der Waals surface area (Å²) in [5.74, 6) is 0. The Bertz CT molecular complexity index is 502. The Morgan fingerprint density at radius 1 is 1.21 bits per heavy atom. The largest absolute Gasteiger partial charge is 0.383 e. The van der Waals surface area contributed by atoms with Crippen LogP contribution in [-0.4, -0.2) is 19.6 Å². The molecule has 2 rings (SSSR count). The van der Waals surface area contributed by atoms with Crippen molar-refractivity contribution in [1.29, 1.82) is 0 Å². The number of rotatable bonds is 4. The van der Waals surface area contributed by atoms with Gasteiger partial charge in [0.25, 0.3) is 0 Å². The molecule has 0 aromatic carbocycles. The number of aliphatic hydroxyl groups is 1. The number of pyridine rings is 1. The third-order valence-electron chi connectivity index (χ3n) is 3.02. The molecule has 2 aromatic heterocycles. The van der Waals surface area contributed by atoms with Crippen LogP contribution in [0.3, 0.4) is 0 Å². The van der Waals surface area contributed by atoms with E-state index < -0.39 is 5.60 Å². The predicted molar refractivity (Wildman–Crippen MR) is 74.4 cm³/mol. The van der Waals surface area contributed by atoms with Gasteiger partial charge in [0.2, 0.25) is 0 Å². The highest BCUT2D eigenvalue weighted by Crippen LogP contribution is 2.35. The molecular formula is C15H21N3O. The Morgan fingerprint density at radius 3 is 2.53 bits per heavy atom. The molecular weight excluding hydrogens is 238 g/mol. The number of hydrogen-bond donors (Lipinski definition) is 1. The van der Waals surface area contributed by atoms with Crippen molar-refractivity contribution in [3.8, 4) is 0 Å². The van der Waals surface area contributed by atoms with Gasteiger partial charge >= 0.3 is 0 Å². The van der Waals surface area contributed by atoms with Crippen molar-refractivity contribution >= 4 is 0 Å². The Labute approximate surface area is 114 Å². The van der Waals surface area contributed by atoms with Crippen LogP contribution in [0.15, 0.2) is 43.2 Å². The molecule has 19 heavy (non-hydrogen) atoms. The topological polar surface area (TPSA) is 50.9 Å². The summed E-state index contributed by atoms with van der Waals surface area (Å²) >= 11 is 0. The van der Waals surface area contributed by atoms with Crippen LogP contribution in [0.1, 0.15) is 32.8 Å². The van der Waals surface area contributed by atoms with Gasteiger partial charge in [0, 0.05) is 30.4 Å². The average molecular weight is 259 g/mol. The normalized spacial score (nSPS) is 15.2. The van der Waals surface area contributed by atoms with E-state index in [2.05, 4.69) is 30.7 Å². The van der Waals surface area contributed by atoms with Crippen molar-refractivity contribution in [1.82, 2.24) is 14.5 Å². The molecule has 4 heteroatoms. The van der Waals surface area contributed by atoms with Crippen molar-refractivity contribution in [3.63, 3.8) is 0 Å². The summed E-state index contributed by atoms with van der Waals surface area (Å²) in [4.78, 5) is 8.16. The van der Waals surface area contributed by atoms with Gasteiger partial charge in [-0.25, -0.2) is 4.98 Å². The van der Waals surface area contributed by atoms with Gasteiger partial charge in [-0.2, -0.15) is 0 Å². The molecule has 4 nitrogen and oxygen atoms in total. The number of nitrogens with zero attached hydrogens (tertiary/aromatic N) is 3. The van der Waals surface area contributed by atoms with E-state index in [1.165, 1.54) is 0 Å². The molecule has 2 aromatic rings. The van der Waals surface area contributed by atoms with E-state index >= 15 is 0 Å². The second-order valence-corrected chi connectivity index (χ2v) is 6.25. The summed E-state index contributed by atoms with van der Waals surface area (Å²) in [6.07, 6.45) is 9.43. The fraction of sp³-hybridized carbons (Fsp3) is 0.467. The van der Waals surface area contributed by atoms with E-state index in [4.69, 9.17) is 0 Å². The molecule has 2 heterocycles. The molecule has 0 aliphatic carbocycles. The molecule has 0 aliphatic rings. The Hall–Kier alpha value is -1.68. The van der Waals surface area contributed by atoms with E-state index in [9.17, 15) is 5.11 Å². The SMILES string of the molecule is CC(C)(C)C[C@](O)(Cn1ccnc1)c1cccnc1. The lowest BCUT2D eigenvalue weighted by Crippen LogP contribution is -2.35. The van der Waals surface area contributed by atoms with Crippen LogP contribution in [0.2, 0.25) is 0 Å². The molecule has 0 amide bonds. The molecule has 0 bridgehead atoms. The minimum absolute atomic E-state index is 0.0190. The molecule has 0 saturated carbocycles. The summed E-state index contributed by atoms with van der Waals surface area (Å²) in [5.41, 5.74) is -0.0723. The first kappa shape index (κ1) is 13.7. The number of imidazole rings is 1. The molecule has 1 N–H and O–H groups in total. The van der Waals surface area contributed by atoms with E-state index in [-0.39, 0.29) is 5.41 Å². The number of aromatic nitrogens is 3. The predicted octanol–water partition coefficient (Wildman–Crippen LogP) is 2.60. The van der Waals surface area contributed by atoms with Crippen LogP contribution in [0.4, 0.5) is 0 Å². The standard InChI is InChI=1S/C15H21N3O/c1-14(2,3)10-15(19,11-18-8-7-17-12-18)13-5-4-6-16-9-13/h4-9,12,19H,10-11H2,1-3H3/t15-/m0/s1. The maximum atomic E-state index is 11.1. The third-order valence-corrected chi connectivity index (χ3v) is 3.02. The van der Waals surface area contributed by atoms with Crippen LogP contribution < -0.4 is 0 Å². The van der Waals surface area contributed by atoms with E-state index in [1.54, 1.807) is 24.9 Å². The molecule has 0 fully saturated rings. The van der Waals surface area contributed by atoms with E-state index in [1.807, 2.05) is 22.9 Å². The zero-order chi connectivity index (χ0) is 13.9. The summed E-state index contributed by atoms with van der Waals surface area (Å²) in [6.45, 7) is 6.86. The van der Waals surface area contributed by atoms with Crippen LogP contribution in [0, 0.1) is 5.41 Å². The van der Waals surface area contributed by atoms with Gasteiger partial charge in [0.1, 0.15) is 5.60 Å². The van der Waals surface area contributed by atoms with Gasteiger partial charge in [-0.3, -0.25) is 4.98 Å². The van der Waals surface area contributed by atoms with Crippen molar-refractivity contribution in [2.45, 2.75) is 39.3 Å². The second-order valence-electron chi connectivity index (χ2n) is 6.25. The van der Waals surface area contributed by atoms with Crippen LogP contribution in [0.5, 0.6) is 0 Å². The van der Waals surface area contributed by atoms with Gasteiger partial charge in [-0.05, 0) is 17.9 Å². The fourth-order valence-corrected chi connectivity index (χ4v) is 2.45. The molecule has 102 valence electrons. The molecule has 0 radical (unpaired) electrons. The summed E-state index contributed by atoms with van der Waals surface area (Å²) < 4.78 is 1.90. The Kier molecular flexibility index (Phi) is 3.71. The minimum atomic E-state index is -0.937. The molecule has 0 unspecified atom stereocenters.